The lowest BCUT2D eigenvalue weighted by atomic mass is 9.98. The van der Waals surface area contributed by atoms with E-state index in [4.69, 9.17) is 0 Å². The third-order valence-corrected chi connectivity index (χ3v) is 8.33. The fourth-order valence-electron chi connectivity index (χ4n) is 4.39. The van der Waals surface area contributed by atoms with Crippen LogP contribution in [-0.2, 0) is 16.6 Å². The van der Waals surface area contributed by atoms with Crippen LogP contribution in [0.1, 0.15) is 57.9 Å². The molecular weight excluding hydrogens is 537 g/mol. The average Bonchev–Trinajstić information content (AvgIpc) is 2.80. The summed E-state index contributed by atoms with van der Waals surface area (Å²) < 4.78 is 27.5. The lowest BCUT2D eigenvalue weighted by Crippen LogP contribution is -2.54. The summed E-state index contributed by atoms with van der Waals surface area (Å²) in [5, 5.41) is 6.78. The first kappa shape index (κ1) is 27.3. The predicted octanol–water partition coefficient (Wildman–Crippen LogP) is 3.41. The molecule has 2 heterocycles. The zero-order valence-electron chi connectivity index (χ0n) is 19.8. The number of rotatable bonds is 7. The lowest BCUT2D eigenvalue weighted by Gasteiger charge is -2.41. The van der Waals surface area contributed by atoms with Crippen LogP contribution in [0.2, 0.25) is 0 Å². The van der Waals surface area contributed by atoms with Gasteiger partial charge < -0.3 is 10.6 Å². The molecule has 0 radical (unpaired) electrons. The molecule has 0 bridgehead atoms. The van der Waals surface area contributed by atoms with E-state index in [0.717, 1.165) is 50.4 Å². The fourth-order valence-corrected chi connectivity index (χ4v) is 5.98. The first-order chi connectivity index (χ1) is 14.8. The van der Waals surface area contributed by atoms with Crippen molar-refractivity contribution in [2.75, 3.05) is 39.8 Å². The van der Waals surface area contributed by atoms with Gasteiger partial charge in [-0.15, -0.1) is 24.0 Å². The highest BCUT2D eigenvalue weighted by Crippen LogP contribution is 2.22. The van der Waals surface area contributed by atoms with Gasteiger partial charge in [-0.2, -0.15) is 4.31 Å². The molecule has 2 aliphatic heterocycles. The molecule has 0 saturated carbocycles. The van der Waals surface area contributed by atoms with Crippen LogP contribution < -0.4 is 10.6 Å². The van der Waals surface area contributed by atoms with Crippen LogP contribution in [0.25, 0.3) is 0 Å². The van der Waals surface area contributed by atoms with Gasteiger partial charge in [-0.05, 0) is 70.3 Å². The van der Waals surface area contributed by atoms with E-state index in [0.29, 0.717) is 24.5 Å². The van der Waals surface area contributed by atoms with Gasteiger partial charge in [0.15, 0.2) is 5.96 Å². The molecule has 0 amide bonds. The van der Waals surface area contributed by atoms with Crippen molar-refractivity contribution in [2.45, 2.75) is 69.4 Å². The minimum absolute atomic E-state index is 0. The minimum Gasteiger partial charge on any atom is -0.355 e. The van der Waals surface area contributed by atoms with E-state index in [-0.39, 0.29) is 29.5 Å². The maximum absolute atomic E-state index is 13.0. The zero-order chi connectivity index (χ0) is 22.3. The van der Waals surface area contributed by atoms with Crippen molar-refractivity contribution >= 4 is 40.0 Å². The first-order valence-corrected chi connectivity index (χ1v) is 13.1. The second-order valence-electron chi connectivity index (χ2n) is 9.25. The van der Waals surface area contributed by atoms with Crippen molar-refractivity contribution in [2.24, 2.45) is 4.99 Å². The van der Waals surface area contributed by atoms with Crippen LogP contribution in [0.15, 0.2) is 34.2 Å². The Morgan fingerprint density at radius 2 is 1.62 bits per heavy atom. The summed E-state index contributed by atoms with van der Waals surface area (Å²) in [6.45, 7) is 9.41. The number of nitrogens with one attached hydrogen (secondary N) is 2. The first-order valence-electron chi connectivity index (χ1n) is 11.6. The number of sulfonamides is 1. The molecule has 2 fully saturated rings. The van der Waals surface area contributed by atoms with E-state index in [9.17, 15) is 8.42 Å². The summed E-state index contributed by atoms with van der Waals surface area (Å²) >= 11 is 0. The van der Waals surface area contributed by atoms with Gasteiger partial charge >= 0.3 is 0 Å². The maximum Gasteiger partial charge on any atom is 0.243 e. The molecule has 2 N–H and O–H groups in total. The van der Waals surface area contributed by atoms with Crippen molar-refractivity contribution in [1.29, 1.82) is 0 Å². The van der Waals surface area contributed by atoms with Gasteiger partial charge in [0, 0.05) is 38.8 Å². The molecule has 1 aromatic carbocycles. The molecule has 0 spiro atoms. The van der Waals surface area contributed by atoms with E-state index in [1.807, 2.05) is 12.1 Å². The topological polar surface area (TPSA) is 77.0 Å². The Balaban J connectivity index is 0.00000363. The Kier molecular flexibility index (Phi) is 10.7. The van der Waals surface area contributed by atoms with Gasteiger partial charge in [0.2, 0.25) is 10.0 Å². The van der Waals surface area contributed by atoms with E-state index in [1.54, 1.807) is 23.5 Å². The number of guanidine groups is 1. The zero-order valence-corrected chi connectivity index (χ0v) is 22.9. The Morgan fingerprint density at radius 3 is 2.25 bits per heavy atom. The molecule has 182 valence electrons. The molecule has 0 atom stereocenters. The summed E-state index contributed by atoms with van der Waals surface area (Å²) in [5.74, 6) is 0.731. The van der Waals surface area contributed by atoms with Crippen LogP contribution >= 0.6 is 24.0 Å². The van der Waals surface area contributed by atoms with E-state index >= 15 is 0 Å². The second kappa shape index (κ2) is 12.5. The standard InChI is InChI=1S/C23H39N5O2S.HI/c1-23(2,27-13-6-4-7-14-27)19-26-22(24-3)25-18-20-11-10-12-21(17-20)31(29,30)28-15-8-5-9-16-28;/h10-12,17H,4-9,13-16,18-19H2,1-3H3,(H2,24,25,26);1H. The second-order valence-corrected chi connectivity index (χ2v) is 11.2. The number of hydrogen-bond donors (Lipinski definition) is 2. The normalized spacial score (nSPS) is 19.3. The van der Waals surface area contributed by atoms with E-state index in [1.165, 1.54) is 19.3 Å². The minimum atomic E-state index is -3.42. The third-order valence-electron chi connectivity index (χ3n) is 6.44. The molecular formula is C23H40IN5O2S. The number of aliphatic imine (C=N–C) groups is 1. The quantitative estimate of drug-likeness (QED) is 0.295. The number of benzene rings is 1. The fraction of sp³-hybridized carbons (Fsp3) is 0.696. The Morgan fingerprint density at radius 1 is 1.00 bits per heavy atom. The molecule has 7 nitrogen and oxygen atoms in total. The number of likely N-dealkylation sites (tertiary alicyclic amines) is 1. The molecule has 1 aromatic rings. The van der Waals surface area contributed by atoms with Crippen LogP contribution in [0.4, 0.5) is 0 Å². The molecule has 2 aliphatic rings. The summed E-state index contributed by atoms with van der Waals surface area (Å²) in [4.78, 5) is 7.27. The molecule has 9 heteroatoms. The number of nitrogens with zero attached hydrogens (tertiary/aromatic N) is 3. The monoisotopic (exact) mass is 577 g/mol. The predicted molar refractivity (Wildman–Crippen MR) is 142 cm³/mol. The van der Waals surface area contributed by atoms with Crippen molar-refractivity contribution < 1.29 is 8.42 Å². The van der Waals surface area contributed by atoms with Gasteiger partial charge in [0.25, 0.3) is 0 Å². The van der Waals surface area contributed by atoms with Gasteiger partial charge in [-0.25, -0.2) is 8.42 Å². The molecule has 0 aromatic heterocycles. The lowest BCUT2D eigenvalue weighted by molar-refractivity contribution is 0.0982. The molecule has 0 unspecified atom stereocenters. The Hall–Kier alpha value is -0.910. The molecule has 32 heavy (non-hydrogen) atoms. The number of halogens is 1. The maximum atomic E-state index is 13.0. The average molecular weight is 578 g/mol. The van der Waals surface area contributed by atoms with Gasteiger partial charge in [-0.3, -0.25) is 9.89 Å². The smallest absolute Gasteiger partial charge is 0.243 e. The number of hydrogen-bond acceptors (Lipinski definition) is 4. The number of piperidine rings is 2. The summed E-state index contributed by atoms with van der Waals surface area (Å²) in [7, 11) is -1.65. The summed E-state index contributed by atoms with van der Waals surface area (Å²) in [6.07, 6.45) is 6.86. The Bertz CT molecular complexity index is 848. The van der Waals surface area contributed by atoms with E-state index < -0.39 is 10.0 Å². The SMILES string of the molecule is CN=C(NCc1cccc(S(=O)(=O)N2CCCCC2)c1)NCC(C)(C)N1CCCCC1.I. The third kappa shape index (κ3) is 7.30. The highest BCUT2D eigenvalue weighted by molar-refractivity contribution is 14.0. The highest BCUT2D eigenvalue weighted by atomic mass is 127. The Labute approximate surface area is 211 Å². The molecule has 2 saturated heterocycles. The van der Waals surface area contributed by atoms with Crippen molar-refractivity contribution in [3.63, 3.8) is 0 Å². The van der Waals surface area contributed by atoms with Crippen molar-refractivity contribution in [3.8, 4) is 0 Å². The van der Waals surface area contributed by atoms with Gasteiger partial charge in [0.05, 0.1) is 4.90 Å². The van der Waals surface area contributed by atoms with Crippen LogP contribution in [0.3, 0.4) is 0 Å². The van der Waals surface area contributed by atoms with Crippen LogP contribution in [-0.4, -0.2) is 68.9 Å². The van der Waals surface area contributed by atoms with Gasteiger partial charge in [0.1, 0.15) is 0 Å². The van der Waals surface area contributed by atoms with Crippen molar-refractivity contribution in [1.82, 2.24) is 19.8 Å². The summed E-state index contributed by atoms with van der Waals surface area (Å²) in [6, 6.07) is 7.25. The molecule has 3 rings (SSSR count). The van der Waals surface area contributed by atoms with Crippen molar-refractivity contribution in [3.05, 3.63) is 29.8 Å². The van der Waals surface area contributed by atoms with Gasteiger partial charge in [-0.1, -0.05) is 25.0 Å². The van der Waals surface area contributed by atoms with E-state index in [2.05, 4.69) is 34.4 Å². The highest BCUT2D eigenvalue weighted by Gasteiger charge is 2.28. The summed E-state index contributed by atoms with van der Waals surface area (Å²) in [5.41, 5.74) is 0.983. The largest absolute Gasteiger partial charge is 0.355 e. The molecule has 0 aliphatic carbocycles. The van der Waals surface area contributed by atoms with Crippen LogP contribution in [0.5, 0.6) is 0 Å². The van der Waals surface area contributed by atoms with Crippen LogP contribution in [0, 0.1) is 0 Å².